The van der Waals surface area contributed by atoms with Gasteiger partial charge in [0.2, 0.25) is 0 Å². The molecule has 1 aromatic carbocycles. The van der Waals surface area contributed by atoms with E-state index in [1.54, 1.807) is 24.3 Å². The maximum Gasteiger partial charge on any atom is 0.277 e. The Bertz CT molecular complexity index is 883. The zero-order valence-electron chi connectivity index (χ0n) is 15.8. The number of nitrogens with zero attached hydrogens (tertiary/aromatic N) is 1. The lowest BCUT2D eigenvalue weighted by atomic mass is 9.87. The molecule has 2 saturated carbocycles. The second-order valence-corrected chi connectivity index (χ2v) is 8.82. The van der Waals surface area contributed by atoms with Gasteiger partial charge in [0.15, 0.2) is 5.69 Å². The molecule has 0 bridgehead atoms. The first kappa shape index (κ1) is 19.2. The molecule has 1 heterocycles. The van der Waals surface area contributed by atoms with Crippen LogP contribution >= 0.6 is 15.9 Å². The number of anilines is 1. The summed E-state index contributed by atoms with van der Waals surface area (Å²) >= 11 is 3.45. The van der Waals surface area contributed by atoms with Gasteiger partial charge in [-0.05, 0) is 78.6 Å². The summed E-state index contributed by atoms with van der Waals surface area (Å²) in [5.41, 5.74) is 1.43. The molecule has 6 nitrogen and oxygen atoms in total. The second-order valence-electron chi connectivity index (χ2n) is 7.97. The van der Waals surface area contributed by atoms with E-state index in [1.165, 1.54) is 0 Å². The van der Waals surface area contributed by atoms with Crippen LogP contribution in [0, 0.1) is 5.92 Å². The lowest BCUT2D eigenvalue weighted by Gasteiger charge is -2.27. The molecule has 0 unspecified atom stereocenters. The molecule has 2 N–H and O–H groups in total. The Hall–Kier alpha value is -2.15. The van der Waals surface area contributed by atoms with Crippen molar-refractivity contribution < 1.29 is 14.1 Å². The summed E-state index contributed by atoms with van der Waals surface area (Å²) in [6.07, 6.45) is 6.54. The van der Waals surface area contributed by atoms with Gasteiger partial charge >= 0.3 is 0 Å². The number of hydrogen-bond donors (Lipinski definition) is 2. The molecule has 7 heteroatoms. The number of benzene rings is 1. The van der Waals surface area contributed by atoms with Gasteiger partial charge in [0.05, 0.1) is 5.56 Å². The van der Waals surface area contributed by atoms with Gasteiger partial charge in [0.1, 0.15) is 5.76 Å². The molecular formula is C21H24BrN3O3. The van der Waals surface area contributed by atoms with E-state index in [9.17, 15) is 9.59 Å². The van der Waals surface area contributed by atoms with Crippen LogP contribution in [-0.4, -0.2) is 23.0 Å². The Morgan fingerprint density at radius 2 is 1.82 bits per heavy atom. The first-order valence-corrected chi connectivity index (χ1v) is 10.7. The van der Waals surface area contributed by atoms with Gasteiger partial charge in [0.25, 0.3) is 11.8 Å². The highest BCUT2D eigenvalue weighted by Gasteiger charge is 2.29. The van der Waals surface area contributed by atoms with Crippen LogP contribution < -0.4 is 10.6 Å². The van der Waals surface area contributed by atoms with Crippen molar-refractivity contribution in [3.05, 3.63) is 45.8 Å². The molecule has 0 aliphatic heterocycles. The number of carbonyl (C=O) groups excluding carboxylic acids is 2. The van der Waals surface area contributed by atoms with Gasteiger partial charge in [-0.25, -0.2) is 0 Å². The Kier molecular flexibility index (Phi) is 5.53. The third kappa shape index (κ3) is 4.46. The van der Waals surface area contributed by atoms with Crippen LogP contribution in [0.1, 0.15) is 78.0 Å². The molecule has 148 valence electrons. The van der Waals surface area contributed by atoms with Crippen molar-refractivity contribution in [2.45, 2.75) is 57.4 Å². The van der Waals surface area contributed by atoms with E-state index in [0.717, 1.165) is 50.2 Å². The minimum atomic E-state index is -0.323. The molecule has 0 radical (unpaired) electrons. The van der Waals surface area contributed by atoms with E-state index >= 15 is 0 Å². The van der Waals surface area contributed by atoms with E-state index in [1.807, 2.05) is 0 Å². The zero-order valence-corrected chi connectivity index (χ0v) is 17.4. The maximum atomic E-state index is 12.6. The van der Waals surface area contributed by atoms with Crippen molar-refractivity contribution in [3.8, 4) is 0 Å². The predicted octanol–water partition coefficient (Wildman–Crippen LogP) is 4.88. The molecule has 0 spiro atoms. The van der Waals surface area contributed by atoms with Crippen LogP contribution in [0.5, 0.6) is 0 Å². The summed E-state index contributed by atoms with van der Waals surface area (Å²) in [6, 6.07) is 7.12. The Labute approximate surface area is 172 Å². The van der Waals surface area contributed by atoms with Gasteiger partial charge in [-0.1, -0.05) is 12.1 Å². The van der Waals surface area contributed by atoms with Crippen LogP contribution in [-0.2, 0) is 0 Å². The predicted molar refractivity (Wildman–Crippen MR) is 109 cm³/mol. The van der Waals surface area contributed by atoms with Crippen molar-refractivity contribution >= 4 is 33.4 Å². The van der Waals surface area contributed by atoms with Gasteiger partial charge < -0.3 is 15.2 Å². The zero-order chi connectivity index (χ0) is 19.7. The number of rotatable bonds is 5. The highest BCUT2D eigenvalue weighted by atomic mass is 79.9. The Morgan fingerprint density at radius 3 is 2.50 bits per heavy atom. The Balaban J connectivity index is 1.37. The van der Waals surface area contributed by atoms with Crippen molar-refractivity contribution in [1.82, 2.24) is 10.5 Å². The highest BCUT2D eigenvalue weighted by Crippen LogP contribution is 2.40. The summed E-state index contributed by atoms with van der Waals surface area (Å²) in [6.45, 7) is 2.26. The summed E-state index contributed by atoms with van der Waals surface area (Å²) in [4.78, 5) is 25.0. The first-order chi connectivity index (χ1) is 13.5. The fourth-order valence-corrected chi connectivity index (χ4v) is 4.16. The second kappa shape index (κ2) is 8.07. The normalized spacial score (nSPS) is 21.9. The third-order valence-electron chi connectivity index (χ3n) is 5.56. The van der Waals surface area contributed by atoms with Crippen LogP contribution in [0.2, 0.25) is 0 Å². The number of amides is 2. The fraction of sp³-hybridized carbons (Fsp3) is 0.476. The molecule has 2 fully saturated rings. The number of carbonyl (C=O) groups is 2. The molecule has 0 atom stereocenters. The summed E-state index contributed by atoms with van der Waals surface area (Å²) in [5, 5.41) is 9.77. The summed E-state index contributed by atoms with van der Waals surface area (Å²) in [5.74, 6) is 1.52. The van der Waals surface area contributed by atoms with Crippen LogP contribution in [0.25, 0.3) is 0 Å². The van der Waals surface area contributed by atoms with Crippen molar-refractivity contribution in [2.75, 3.05) is 5.32 Å². The average molecular weight is 446 g/mol. The summed E-state index contributed by atoms with van der Waals surface area (Å²) in [7, 11) is 0. The number of nitrogens with one attached hydrogen (secondary N) is 2. The molecule has 0 saturated heterocycles. The van der Waals surface area contributed by atoms with E-state index < -0.39 is 0 Å². The smallest absolute Gasteiger partial charge is 0.277 e. The average Bonchev–Trinajstić information content (AvgIpc) is 3.40. The van der Waals surface area contributed by atoms with Gasteiger partial charge in [-0.3, -0.25) is 9.59 Å². The fourth-order valence-electron chi connectivity index (χ4n) is 3.60. The van der Waals surface area contributed by atoms with Crippen molar-refractivity contribution in [3.63, 3.8) is 0 Å². The van der Waals surface area contributed by atoms with Gasteiger partial charge in [-0.2, -0.15) is 0 Å². The molecule has 2 aliphatic carbocycles. The molecule has 1 aromatic heterocycles. The lowest BCUT2D eigenvalue weighted by Crippen LogP contribution is -2.37. The van der Waals surface area contributed by atoms with Crippen LogP contribution in [0.4, 0.5) is 5.69 Å². The van der Waals surface area contributed by atoms with E-state index in [0.29, 0.717) is 21.6 Å². The summed E-state index contributed by atoms with van der Waals surface area (Å²) < 4.78 is 5.87. The Morgan fingerprint density at radius 1 is 1.07 bits per heavy atom. The maximum absolute atomic E-state index is 12.6. The monoisotopic (exact) mass is 445 g/mol. The minimum Gasteiger partial charge on any atom is -0.360 e. The van der Waals surface area contributed by atoms with E-state index in [-0.39, 0.29) is 23.6 Å². The molecule has 28 heavy (non-hydrogen) atoms. The third-order valence-corrected chi connectivity index (χ3v) is 6.22. The standard InChI is InChI=1S/C21H24BrN3O3/c1-12-2-6-14(7-3-12)23-20(26)16-9-8-15(10-17(16)22)24-21(27)18-11-19(28-25-18)13-4-5-13/h8-14H,2-7H2,1H3,(H,23,26)(H,24,27). The van der Waals surface area contributed by atoms with Crippen molar-refractivity contribution in [1.29, 1.82) is 0 Å². The van der Waals surface area contributed by atoms with Crippen LogP contribution in [0.15, 0.2) is 33.3 Å². The SMILES string of the molecule is CC1CCC(NC(=O)c2ccc(NC(=O)c3cc(C4CC4)on3)cc2Br)CC1. The van der Waals surface area contributed by atoms with Crippen molar-refractivity contribution in [2.24, 2.45) is 5.92 Å². The number of hydrogen-bond acceptors (Lipinski definition) is 4. The minimum absolute atomic E-state index is 0.0881. The van der Waals surface area contributed by atoms with Gasteiger partial charge in [-0.15, -0.1) is 0 Å². The molecule has 2 aromatic rings. The van der Waals surface area contributed by atoms with Gasteiger partial charge in [0, 0.05) is 28.2 Å². The highest BCUT2D eigenvalue weighted by molar-refractivity contribution is 9.10. The topological polar surface area (TPSA) is 84.2 Å². The number of halogens is 1. The quantitative estimate of drug-likeness (QED) is 0.686. The molecule has 2 amide bonds. The molecule has 2 aliphatic rings. The van der Waals surface area contributed by atoms with E-state index in [2.05, 4.69) is 38.6 Å². The van der Waals surface area contributed by atoms with E-state index in [4.69, 9.17) is 4.52 Å². The number of aromatic nitrogens is 1. The van der Waals surface area contributed by atoms with Crippen LogP contribution in [0.3, 0.4) is 0 Å². The largest absolute Gasteiger partial charge is 0.360 e. The molecular weight excluding hydrogens is 422 g/mol. The first-order valence-electron chi connectivity index (χ1n) is 9.88. The lowest BCUT2D eigenvalue weighted by molar-refractivity contribution is 0.0921. The molecule has 4 rings (SSSR count).